The summed E-state index contributed by atoms with van der Waals surface area (Å²) in [6, 6.07) is 13.6. The molecule has 2 saturated heterocycles. The van der Waals surface area contributed by atoms with E-state index in [1.165, 1.54) is 5.56 Å². The van der Waals surface area contributed by atoms with Gasteiger partial charge in [0.05, 0.1) is 0 Å². The van der Waals surface area contributed by atoms with E-state index >= 15 is 0 Å². The SMILES string of the molecule is CC1CN(c2cc(N3CCNC(C)C3)n3nc(CCc4ccccc4)nc3n2)CCN1.Cl.Cl.Cl.O.O. The topological polar surface area (TPSA) is 137 Å². The van der Waals surface area contributed by atoms with Crippen LogP contribution in [0.25, 0.3) is 5.78 Å². The van der Waals surface area contributed by atoms with Gasteiger partial charge in [-0.05, 0) is 25.8 Å². The van der Waals surface area contributed by atoms with E-state index in [0.29, 0.717) is 17.9 Å². The summed E-state index contributed by atoms with van der Waals surface area (Å²) in [6.45, 7) is 10.2. The van der Waals surface area contributed by atoms with Crippen molar-refractivity contribution in [3.8, 4) is 0 Å². The van der Waals surface area contributed by atoms with Crippen LogP contribution < -0.4 is 20.4 Å². The molecule has 36 heavy (non-hydrogen) atoms. The predicted octanol–water partition coefficient (Wildman–Crippen LogP) is 1.12. The first kappa shape index (κ1) is 34.1. The van der Waals surface area contributed by atoms with Crippen LogP contribution in [0, 0.1) is 0 Å². The second kappa shape index (κ2) is 15.4. The molecule has 4 heterocycles. The Balaban J connectivity index is 0.00000245. The van der Waals surface area contributed by atoms with E-state index < -0.39 is 0 Å². The summed E-state index contributed by atoms with van der Waals surface area (Å²) in [6.07, 6.45) is 1.74. The quantitative estimate of drug-likeness (QED) is 0.473. The lowest BCUT2D eigenvalue weighted by Crippen LogP contribution is -2.50. The summed E-state index contributed by atoms with van der Waals surface area (Å²) in [4.78, 5) is 14.5. The first-order valence-corrected chi connectivity index (χ1v) is 11.4. The van der Waals surface area contributed by atoms with E-state index in [1.807, 2.05) is 4.52 Å². The lowest BCUT2D eigenvalue weighted by Gasteiger charge is -2.35. The van der Waals surface area contributed by atoms with Gasteiger partial charge in [-0.25, -0.2) is 0 Å². The molecule has 0 aliphatic carbocycles. The van der Waals surface area contributed by atoms with Crippen LogP contribution in [0.5, 0.6) is 0 Å². The monoisotopic (exact) mass is 564 g/mol. The second-order valence-corrected chi connectivity index (χ2v) is 8.80. The predicted molar refractivity (Wildman–Crippen MR) is 153 cm³/mol. The third-order valence-electron chi connectivity index (χ3n) is 6.19. The molecule has 3 aromatic rings. The van der Waals surface area contributed by atoms with Gasteiger partial charge in [0.25, 0.3) is 5.78 Å². The largest absolute Gasteiger partial charge is 0.412 e. The van der Waals surface area contributed by atoms with Crippen LogP contribution in [-0.4, -0.2) is 81.9 Å². The molecule has 2 atom stereocenters. The number of benzene rings is 1. The summed E-state index contributed by atoms with van der Waals surface area (Å²) < 4.78 is 1.95. The Morgan fingerprint density at radius 3 is 2.08 bits per heavy atom. The highest BCUT2D eigenvalue weighted by atomic mass is 35.5. The molecule has 1 aromatic carbocycles. The van der Waals surface area contributed by atoms with Crippen molar-refractivity contribution in [2.24, 2.45) is 0 Å². The molecule has 0 saturated carbocycles. The molecule has 0 radical (unpaired) electrons. The number of anilines is 2. The van der Waals surface area contributed by atoms with Gasteiger partial charge >= 0.3 is 0 Å². The van der Waals surface area contributed by atoms with Gasteiger partial charge in [-0.3, -0.25) is 0 Å². The van der Waals surface area contributed by atoms with Gasteiger partial charge in [-0.2, -0.15) is 14.5 Å². The van der Waals surface area contributed by atoms with E-state index in [4.69, 9.17) is 15.1 Å². The van der Waals surface area contributed by atoms with Gasteiger partial charge in [0.1, 0.15) is 11.6 Å². The number of aryl methyl sites for hydroxylation is 2. The number of rotatable bonds is 5. The highest BCUT2D eigenvalue weighted by Crippen LogP contribution is 2.24. The van der Waals surface area contributed by atoms with Crippen molar-refractivity contribution >= 4 is 54.6 Å². The molecular formula is C23H39Cl3N8O2. The number of nitrogens with zero attached hydrogens (tertiary/aromatic N) is 6. The first-order valence-electron chi connectivity index (χ1n) is 11.4. The Hall–Kier alpha value is -1.92. The van der Waals surface area contributed by atoms with Crippen LogP contribution in [0.3, 0.4) is 0 Å². The number of fused-ring (bicyclic) bond motifs is 1. The van der Waals surface area contributed by atoms with Gasteiger partial charge in [-0.15, -0.1) is 42.3 Å². The molecule has 13 heteroatoms. The molecule has 2 aliphatic heterocycles. The number of piperazine rings is 2. The molecule has 204 valence electrons. The number of hydrogen-bond acceptors (Lipinski definition) is 7. The molecule has 2 aliphatic rings. The van der Waals surface area contributed by atoms with Crippen molar-refractivity contribution in [3.05, 3.63) is 47.8 Å². The van der Waals surface area contributed by atoms with Gasteiger partial charge in [-0.1, -0.05) is 30.3 Å². The Kier molecular flexibility index (Phi) is 14.5. The molecule has 0 spiro atoms. The van der Waals surface area contributed by atoms with E-state index in [1.54, 1.807) is 0 Å². The molecule has 0 amide bonds. The fraction of sp³-hybridized carbons (Fsp3) is 0.522. The number of aromatic nitrogens is 4. The van der Waals surface area contributed by atoms with Gasteiger partial charge < -0.3 is 31.4 Å². The number of nitrogens with one attached hydrogen (secondary N) is 2. The van der Waals surface area contributed by atoms with Crippen LogP contribution in [0.1, 0.15) is 25.2 Å². The minimum absolute atomic E-state index is 0. The molecule has 5 rings (SSSR count). The third kappa shape index (κ3) is 7.79. The van der Waals surface area contributed by atoms with Crippen molar-refractivity contribution in [2.45, 2.75) is 38.8 Å². The molecule has 2 fully saturated rings. The summed E-state index contributed by atoms with van der Waals surface area (Å²) in [5, 5.41) is 11.9. The van der Waals surface area contributed by atoms with E-state index in [-0.39, 0.29) is 48.2 Å². The lowest BCUT2D eigenvalue weighted by atomic mass is 10.1. The van der Waals surface area contributed by atoms with E-state index in [9.17, 15) is 0 Å². The van der Waals surface area contributed by atoms with Crippen LogP contribution >= 0.6 is 37.2 Å². The van der Waals surface area contributed by atoms with Crippen LogP contribution in [-0.2, 0) is 12.8 Å². The number of halogens is 3. The highest BCUT2D eigenvalue weighted by molar-refractivity contribution is 5.86. The van der Waals surface area contributed by atoms with E-state index in [0.717, 1.165) is 69.6 Å². The highest BCUT2D eigenvalue weighted by Gasteiger charge is 2.24. The Morgan fingerprint density at radius 2 is 1.44 bits per heavy atom. The minimum Gasteiger partial charge on any atom is -0.412 e. The Morgan fingerprint density at radius 1 is 0.833 bits per heavy atom. The maximum absolute atomic E-state index is 4.93. The summed E-state index contributed by atoms with van der Waals surface area (Å²) in [5.41, 5.74) is 1.31. The minimum atomic E-state index is 0. The fourth-order valence-electron chi connectivity index (χ4n) is 4.56. The normalized spacial score (nSPS) is 19.2. The zero-order chi connectivity index (χ0) is 21.2. The van der Waals surface area contributed by atoms with Crippen molar-refractivity contribution in [2.75, 3.05) is 49.1 Å². The second-order valence-electron chi connectivity index (χ2n) is 8.80. The van der Waals surface area contributed by atoms with Gasteiger partial charge in [0.2, 0.25) is 0 Å². The average molecular weight is 566 g/mol. The zero-order valence-corrected chi connectivity index (χ0v) is 23.1. The third-order valence-corrected chi connectivity index (χ3v) is 6.19. The van der Waals surface area contributed by atoms with Crippen LogP contribution in [0.2, 0.25) is 0 Å². The Bertz CT molecular complexity index is 1040. The van der Waals surface area contributed by atoms with Crippen LogP contribution in [0.4, 0.5) is 11.6 Å². The van der Waals surface area contributed by atoms with Crippen molar-refractivity contribution in [3.63, 3.8) is 0 Å². The summed E-state index contributed by atoms with van der Waals surface area (Å²) in [7, 11) is 0. The summed E-state index contributed by atoms with van der Waals surface area (Å²) in [5.74, 6) is 3.65. The molecule has 10 nitrogen and oxygen atoms in total. The summed E-state index contributed by atoms with van der Waals surface area (Å²) >= 11 is 0. The standard InChI is InChI=1S/C23H32N8.3ClH.2H2O/c1-17-15-29(12-10-24-17)21-14-22(30-13-11-25-18(2)16-30)31-23(27-21)26-20(28-31)9-8-19-6-4-3-5-7-19;;;;;/h3-7,14,17-18,24-25H,8-13,15-16H2,1-2H3;3*1H;2*1H2. The average Bonchev–Trinajstić information content (AvgIpc) is 3.21. The first-order chi connectivity index (χ1) is 15.2. The lowest BCUT2D eigenvalue weighted by molar-refractivity contribution is 0.477. The van der Waals surface area contributed by atoms with E-state index in [2.05, 4.69) is 70.7 Å². The maximum Gasteiger partial charge on any atom is 0.256 e. The molecule has 2 aromatic heterocycles. The fourth-order valence-corrected chi connectivity index (χ4v) is 4.56. The van der Waals surface area contributed by atoms with Crippen molar-refractivity contribution < 1.29 is 11.0 Å². The zero-order valence-electron chi connectivity index (χ0n) is 20.7. The molecular weight excluding hydrogens is 527 g/mol. The smallest absolute Gasteiger partial charge is 0.256 e. The Labute approximate surface area is 231 Å². The molecule has 2 unspecified atom stereocenters. The maximum atomic E-state index is 4.93. The number of hydrogen-bond donors (Lipinski definition) is 2. The molecule has 0 bridgehead atoms. The van der Waals surface area contributed by atoms with Crippen LogP contribution in [0.15, 0.2) is 36.4 Å². The van der Waals surface area contributed by atoms with Crippen molar-refractivity contribution in [1.82, 2.24) is 30.2 Å². The van der Waals surface area contributed by atoms with Gasteiger partial charge in [0.15, 0.2) is 5.82 Å². The van der Waals surface area contributed by atoms with Gasteiger partial charge in [0, 0.05) is 63.8 Å². The molecule has 6 N–H and O–H groups in total. The van der Waals surface area contributed by atoms with Crippen molar-refractivity contribution in [1.29, 1.82) is 0 Å².